The number of aliphatic hydroxyl groups is 1. The van der Waals surface area contributed by atoms with E-state index in [2.05, 4.69) is 24.4 Å². The van der Waals surface area contributed by atoms with Gasteiger partial charge in [0.05, 0.1) is 6.10 Å². The van der Waals surface area contributed by atoms with Crippen molar-refractivity contribution in [2.45, 2.75) is 49.8 Å². The highest BCUT2D eigenvalue weighted by atomic mass is 35.5. The van der Waals surface area contributed by atoms with E-state index in [1.54, 1.807) is 0 Å². The van der Waals surface area contributed by atoms with Gasteiger partial charge in [-0.2, -0.15) is 0 Å². The summed E-state index contributed by atoms with van der Waals surface area (Å²) in [5, 5.41) is 13.8. The van der Waals surface area contributed by atoms with E-state index in [9.17, 15) is 5.11 Å². The van der Waals surface area contributed by atoms with Crippen LogP contribution < -0.4 is 5.32 Å². The van der Waals surface area contributed by atoms with Gasteiger partial charge < -0.3 is 10.4 Å². The van der Waals surface area contributed by atoms with Crippen molar-refractivity contribution in [1.82, 2.24) is 5.32 Å². The molecule has 3 unspecified atom stereocenters. The average Bonchev–Trinajstić information content (AvgIpc) is 2.28. The van der Waals surface area contributed by atoms with Crippen LogP contribution in [0, 0.1) is 0 Å². The molecule has 2 N–H and O–H groups in total. The van der Waals surface area contributed by atoms with Gasteiger partial charge in [-0.3, -0.25) is 0 Å². The Morgan fingerprint density at radius 1 is 1.50 bits per heavy atom. The Morgan fingerprint density at radius 2 is 2.28 bits per heavy atom. The lowest BCUT2D eigenvalue weighted by Crippen LogP contribution is -2.34. The summed E-state index contributed by atoms with van der Waals surface area (Å²) < 4.78 is 0. The number of nitrogens with one attached hydrogen (secondary N) is 1. The van der Waals surface area contributed by atoms with Gasteiger partial charge in [-0.05, 0) is 56.2 Å². The summed E-state index contributed by atoms with van der Waals surface area (Å²) in [6.07, 6.45) is 1.63. The molecule has 0 spiro atoms. The lowest BCUT2D eigenvalue weighted by Gasteiger charge is -2.29. The molecule has 1 aliphatic heterocycles. The Kier molecular flexibility index (Phi) is 4.96. The largest absolute Gasteiger partial charge is 0.393 e. The number of benzene rings is 1. The van der Waals surface area contributed by atoms with E-state index in [-0.39, 0.29) is 6.10 Å². The molecule has 0 saturated heterocycles. The zero-order valence-corrected chi connectivity index (χ0v) is 12.4. The molecule has 0 fully saturated rings. The van der Waals surface area contributed by atoms with Crippen molar-refractivity contribution < 1.29 is 5.11 Å². The highest BCUT2D eigenvalue weighted by Crippen LogP contribution is 2.37. The van der Waals surface area contributed by atoms with E-state index in [1.165, 1.54) is 10.5 Å². The van der Waals surface area contributed by atoms with E-state index >= 15 is 0 Å². The van der Waals surface area contributed by atoms with Crippen LogP contribution in [0.2, 0.25) is 5.02 Å². The SMILES string of the molecule is CC(O)CC(C)NC1CCSc2ccc(Cl)cc21. The fourth-order valence-corrected chi connectivity index (χ4v) is 3.75. The van der Waals surface area contributed by atoms with Crippen molar-refractivity contribution >= 4 is 23.4 Å². The van der Waals surface area contributed by atoms with E-state index < -0.39 is 0 Å². The number of fused-ring (bicyclic) bond motifs is 1. The van der Waals surface area contributed by atoms with Crippen molar-refractivity contribution in [3.05, 3.63) is 28.8 Å². The number of halogens is 1. The molecule has 18 heavy (non-hydrogen) atoms. The monoisotopic (exact) mass is 285 g/mol. The second-order valence-electron chi connectivity index (χ2n) is 5.02. The first-order chi connectivity index (χ1) is 8.56. The molecule has 1 heterocycles. The Morgan fingerprint density at radius 3 is 3.00 bits per heavy atom. The molecular formula is C14H20ClNOS. The highest BCUT2D eigenvalue weighted by Gasteiger charge is 2.22. The Hall–Kier alpha value is -0.220. The normalized spacial score (nSPS) is 22.3. The standard InChI is InChI=1S/C14H20ClNOS/c1-9(7-10(2)17)16-13-5-6-18-14-4-3-11(15)8-12(13)14/h3-4,8-10,13,16-17H,5-7H2,1-2H3. The van der Waals surface area contributed by atoms with Gasteiger partial charge in [0.1, 0.15) is 0 Å². The molecule has 3 atom stereocenters. The molecule has 0 aromatic heterocycles. The number of hydrogen-bond acceptors (Lipinski definition) is 3. The second kappa shape index (κ2) is 6.29. The fourth-order valence-electron chi connectivity index (χ4n) is 2.46. The van der Waals surface area contributed by atoms with Crippen LogP contribution in [0.1, 0.15) is 38.3 Å². The van der Waals surface area contributed by atoms with Gasteiger partial charge >= 0.3 is 0 Å². The number of rotatable bonds is 4. The maximum Gasteiger partial charge on any atom is 0.0526 e. The molecule has 0 saturated carbocycles. The van der Waals surface area contributed by atoms with Crippen LogP contribution in [-0.2, 0) is 0 Å². The first kappa shape index (κ1) is 14.2. The lowest BCUT2D eigenvalue weighted by molar-refractivity contribution is 0.167. The topological polar surface area (TPSA) is 32.3 Å². The second-order valence-corrected chi connectivity index (χ2v) is 6.60. The Bertz CT molecular complexity index is 411. The fraction of sp³-hybridized carbons (Fsp3) is 0.571. The molecule has 0 radical (unpaired) electrons. The third-order valence-corrected chi connectivity index (χ3v) is 4.55. The van der Waals surface area contributed by atoms with Gasteiger partial charge in [0.2, 0.25) is 0 Å². The van der Waals surface area contributed by atoms with E-state index in [4.69, 9.17) is 11.6 Å². The molecular weight excluding hydrogens is 266 g/mol. The van der Waals surface area contributed by atoms with Gasteiger partial charge in [-0.15, -0.1) is 11.8 Å². The summed E-state index contributed by atoms with van der Waals surface area (Å²) in [5.74, 6) is 1.13. The molecule has 4 heteroatoms. The van der Waals surface area contributed by atoms with Gasteiger partial charge in [-0.25, -0.2) is 0 Å². The minimum Gasteiger partial charge on any atom is -0.393 e. The zero-order valence-electron chi connectivity index (χ0n) is 10.8. The molecule has 0 aliphatic carbocycles. The molecule has 1 aliphatic rings. The van der Waals surface area contributed by atoms with E-state index in [1.807, 2.05) is 24.8 Å². The summed E-state index contributed by atoms with van der Waals surface area (Å²) >= 11 is 7.98. The molecule has 0 bridgehead atoms. The van der Waals surface area contributed by atoms with Crippen LogP contribution in [0.5, 0.6) is 0 Å². The van der Waals surface area contributed by atoms with Crippen molar-refractivity contribution in [2.24, 2.45) is 0 Å². The molecule has 100 valence electrons. The number of thioether (sulfide) groups is 1. The van der Waals surface area contributed by atoms with Crippen LogP contribution in [0.4, 0.5) is 0 Å². The lowest BCUT2D eigenvalue weighted by atomic mass is 10.0. The Balaban J connectivity index is 2.09. The number of hydrogen-bond donors (Lipinski definition) is 2. The summed E-state index contributed by atoms with van der Waals surface area (Å²) in [6.45, 7) is 3.96. The smallest absolute Gasteiger partial charge is 0.0526 e. The number of aliphatic hydroxyl groups excluding tert-OH is 1. The molecule has 2 rings (SSSR count). The van der Waals surface area contributed by atoms with Gasteiger partial charge in [0.25, 0.3) is 0 Å². The minimum absolute atomic E-state index is 0.260. The summed E-state index contributed by atoms with van der Waals surface area (Å²) in [5.41, 5.74) is 1.30. The summed E-state index contributed by atoms with van der Waals surface area (Å²) in [6, 6.07) is 6.79. The maximum absolute atomic E-state index is 9.43. The van der Waals surface area contributed by atoms with Gasteiger partial charge in [-0.1, -0.05) is 11.6 Å². The van der Waals surface area contributed by atoms with E-state index in [0.717, 1.165) is 23.6 Å². The van der Waals surface area contributed by atoms with Crippen LogP contribution >= 0.6 is 23.4 Å². The van der Waals surface area contributed by atoms with Crippen LogP contribution in [-0.4, -0.2) is 23.0 Å². The van der Waals surface area contributed by atoms with Crippen molar-refractivity contribution in [2.75, 3.05) is 5.75 Å². The quantitative estimate of drug-likeness (QED) is 0.886. The molecule has 0 amide bonds. The molecule has 2 nitrogen and oxygen atoms in total. The van der Waals surface area contributed by atoms with Crippen molar-refractivity contribution in [3.63, 3.8) is 0 Å². The van der Waals surface area contributed by atoms with Crippen LogP contribution in [0.15, 0.2) is 23.1 Å². The van der Waals surface area contributed by atoms with Crippen LogP contribution in [0.25, 0.3) is 0 Å². The summed E-state index contributed by atoms with van der Waals surface area (Å²) in [4.78, 5) is 1.33. The first-order valence-corrected chi connectivity index (χ1v) is 7.79. The minimum atomic E-state index is -0.260. The molecule has 1 aromatic carbocycles. The van der Waals surface area contributed by atoms with Crippen LogP contribution in [0.3, 0.4) is 0 Å². The summed E-state index contributed by atoms with van der Waals surface area (Å²) in [7, 11) is 0. The van der Waals surface area contributed by atoms with E-state index in [0.29, 0.717) is 12.1 Å². The Labute approximate surface area is 118 Å². The predicted molar refractivity (Wildman–Crippen MR) is 78.4 cm³/mol. The van der Waals surface area contributed by atoms with Gasteiger partial charge in [0, 0.05) is 22.0 Å². The van der Waals surface area contributed by atoms with Crippen molar-refractivity contribution in [1.29, 1.82) is 0 Å². The third kappa shape index (κ3) is 3.64. The van der Waals surface area contributed by atoms with Crippen molar-refractivity contribution in [3.8, 4) is 0 Å². The first-order valence-electron chi connectivity index (χ1n) is 6.42. The third-order valence-electron chi connectivity index (χ3n) is 3.19. The molecule has 1 aromatic rings. The van der Waals surface area contributed by atoms with Gasteiger partial charge in [0.15, 0.2) is 0 Å². The zero-order chi connectivity index (χ0) is 13.1. The average molecular weight is 286 g/mol. The highest BCUT2D eigenvalue weighted by molar-refractivity contribution is 7.99. The maximum atomic E-state index is 9.43. The predicted octanol–water partition coefficient (Wildman–Crippen LogP) is 3.63.